The Kier molecular flexibility index (Phi) is 7.80. The predicted octanol–water partition coefficient (Wildman–Crippen LogP) is 3.89. The van der Waals surface area contributed by atoms with Crippen LogP contribution in [0.4, 0.5) is 0 Å². The summed E-state index contributed by atoms with van der Waals surface area (Å²) in [6.07, 6.45) is 2.19. The minimum absolute atomic E-state index is 0.116. The van der Waals surface area contributed by atoms with E-state index in [-0.39, 0.29) is 11.4 Å². The molecular formula is C23H39N5O. The van der Waals surface area contributed by atoms with Gasteiger partial charge >= 0.3 is 0 Å². The molecule has 0 radical (unpaired) electrons. The molecule has 0 aliphatic rings. The fourth-order valence-electron chi connectivity index (χ4n) is 3.94. The van der Waals surface area contributed by atoms with E-state index in [1.165, 1.54) is 11.1 Å². The Morgan fingerprint density at radius 3 is 2.34 bits per heavy atom. The average Bonchev–Trinajstić information content (AvgIpc) is 2.98. The minimum Gasteiger partial charge on any atom is -0.356 e. The van der Waals surface area contributed by atoms with Crippen LogP contribution in [0.5, 0.6) is 0 Å². The van der Waals surface area contributed by atoms with Gasteiger partial charge in [-0.25, -0.2) is 9.67 Å². The predicted molar refractivity (Wildman–Crippen MR) is 120 cm³/mol. The fourth-order valence-corrected chi connectivity index (χ4v) is 3.94. The van der Waals surface area contributed by atoms with Crippen molar-refractivity contribution in [2.75, 3.05) is 26.2 Å². The summed E-state index contributed by atoms with van der Waals surface area (Å²) in [7, 11) is 0. The highest BCUT2D eigenvalue weighted by Gasteiger charge is 2.23. The minimum atomic E-state index is -0.120. The number of hydrogen-bond donors (Lipinski definition) is 1. The molecule has 2 rings (SSSR count). The highest BCUT2D eigenvalue weighted by atomic mass is 16.1. The Morgan fingerprint density at radius 1 is 1.10 bits per heavy atom. The number of hydrogen-bond acceptors (Lipinski definition) is 4. The van der Waals surface area contributed by atoms with E-state index in [2.05, 4.69) is 51.8 Å². The second-order valence-corrected chi connectivity index (χ2v) is 8.90. The second kappa shape index (κ2) is 9.70. The Balaban J connectivity index is 2.05. The number of nitrogens with one attached hydrogen (secondary N) is 1. The fraction of sp³-hybridized carbons (Fsp3) is 0.696. The molecule has 0 bridgehead atoms. The number of carbonyl (C=O) groups is 1. The maximum absolute atomic E-state index is 12.3. The van der Waals surface area contributed by atoms with Crippen LogP contribution in [0.2, 0.25) is 0 Å². The number of fused-ring (bicyclic) bond motifs is 1. The van der Waals surface area contributed by atoms with E-state index < -0.39 is 0 Å². The van der Waals surface area contributed by atoms with Crippen LogP contribution in [0.15, 0.2) is 0 Å². The Morgan fingerprint density at radius 2 is 1.76 bits per heavy atom. The number of amides is 1. The molecule has 1 amide bonds. The Hall–Kier alpha value is -1.95. The van der Waals surface area contributed by atoms with E-state index in [1.807, 2.05) is 18.5 Å². The molecule has 0 spiro atoms. The molecule has 162 valence electrons. The van der Waals surface area contributed by atoms with Gasteiger partial charge in [0, 0.05) is 24.0 Å². The summed E-state index contributed by atoms with van der Waals surface area (Å²) in [4.78, 5) is 19.6. The standard InChI is InChI=1S/C23H39N5O/c1-9-27(10-2)15-11-14-24-20(29)13-12-19-16(3)21-18(5)26-28(23(6,7)8)22(21)25-17(19)4/h9-15H2,1-8H3,(H,24,29). The van der Waals surface area contributed by atoms with Crippen molar-refractivity contribution in [3.05, 3.63) is 22.5 Å². The molecular weight excluding hydrogens is 362 g/mol. The van der Waals surface area contributed by atoms with Crippen LogP contribution in [0.1, 0.15) is 70.0 Å². The van der Waals surface area contributed by atoms with Gasteiger partial charge in [0.05, 0.1) is 11.2 Å². The van der Waals surface area contributed by atoms with Crippen LogP contribution in [0, 0.1) is 20.8 Å². The van der Waals surface area contributed by atoms with Crippen LogP contribution in [-0.4, -0.2) is 51.8 Å². The van der Waals surface area contributed by atoms with E-state index in [0.717, 1.165) is 55.0 Å². The summed E-state index contributed by atoms with van der Waals surface area (Å²) in [5.41, 5.74) is 5.19. The molecule has 29 heavy (non-hydrogen) atoms. The monoisotopic (exact) mass is 401 g/mol. The van der Waals surface area contributed by atoms with E-state index in [1.54, 1.807) is 0 Å². The molecule has 1 N–H and O–H groups in total. The van der Waals surface area contributed by atoms with Gasteiger partial charge < -0.3 is 10.2 Å². The van der Waals surface area contributed by atoms with Crippen LogP contribution in [-0.2, 0) is 16.8 Å². The molecule has 0 saturated carbocycles. The first-order valence-electron chi connectivity index (χ1n) is 10.9. The topological polar surface area (TPSA) is 63.1 Å². The van der Waals surface area contributed by atoms with Gasteiger partial charge in [0.15, 0.2) is 5.65 Å². The summed E-state index contributed by atoms with van der Waals surface area (Å²) in [6, 6.07) is 0. The normalized spacial score (nSPS) is 12.2. The van der Waals surface area contributed by atoms with Crippen molar-refractivity contribution in [1.29, 1.82) is 0 Å². The molecule has 0 aliphatic carbocycles. The number of pyridine rings is 1. The van der Waals surface area contributed by atoms with Gasteiger partial charge in [-0.1, -0.05) is 13.8 Å². The lowest BCUT2D eigenvalue weighted by Gasteiger charge is -2.20. The lowest BCUT2D eigenvalue weighted by molar-refractivity contribution is -0.121. The van der Waals surface area contributed by atoms with Gasteiger partial charge in [0.2, 0.25) is 5.91 Å². The van der Waals surface area contributed by atoms with Crippen molar-refractivity contribution in [1.82, 2.24) is 25.0 Å². The number of rotatable bonds is 9. The number of aryl methyl sites for hydroxylation is 3. The van der Waals surface area contributed by atoms with Crippen molar-refractivity contribution in [3.8, 4) is 0 Å². The van der Waals surface area contributed by atoms with Gasteiger partial charge in [-0.15, -0.1) is 0 Å². The summed E-state index contributed by atoms with van der Waals surface area (Å²) in [6.45, 7) is 20.9. The molecule has 0 atom stereocenters. The lowest BCUT2D eigenvalue weighted by atomic mass is 9.99. The second-order valence-electron chi connectivity index (χ2n) is 8.90. The first kappa shape index (κ1) is 23.3. The summed E-state index contributed by atoms with van der Waals surface area (Å²) >= 11 is 0. The van der Waals surface area contributed by atoms with Crippen LogP contribution >= 0.6 is 0 Å². The van der Waals surface area contributed by atoms with E-state index >= 15 is 0 Å². The van der Waals surface area contributed by atoms with Gasteiger partial charge in [-0.2, -0.15) is 5.10 Å². The first-order chi connectivity index (χ1) is 13.6. The molecule has 0 aliphatic heterocycles. The zero-order valence-corrected chi connectivity index (χ0v) is 19.6. The maximum Gasteiger partial charge on any atom is 0.220 e. The maximum atomic E-state index is 12.3. The molecule has 6 heteroatoms. The van der Waals surface area contributed by atoms with Gasteiger partial charge in [0.1, 0.15) is 0 Å². The Labute approximate surface area is 176 Å². The van der Waals surface area contributed by atoms with Gasteiger partial charge in [0.25, 0.3) is 0 Å². The largest absolute Gasteiger partial charge is 0.356 e. The van der Waals surface area contributed by atoms with Crippen molar-refractivity contribution < 1.29 is 4.79 Å². The zero-order valence-electron chi connectivity index (χ0n) is 19.6. The number of nitrogens with zero attached hydrogens (tertiary/aromatic N) is 4. The van der Waals surface area contributed by atoms with Crippen LogP contribution < -0.4 is 5.32 Å². The molecule has 0 unspecified atom stereocenters. The van der Waals surface area contributed by atoms with E-state index in [9.17, 15) is 4.79 Å². The van der Waals surface area contributed by atoms with E-state index in [0.29, 0.717) is 12.8 Å². The molecule has 2 aromatic rings. The summed E-state index contributed by atoms with van der Waals surface area (Å²) < 4.78 is 2.02. The van der Waals surface area contributed by atoms with Crippen molar-refractivity contribution in [3.63, 3.8) is 0 Å². The number of carbonyl (C=O) groups excluding carboxylic acids is 1. The van der Waals surface area contributed by atoms with Crippen molar-refractivity contribution in [2.45, 2.75) is 80.2 Å². The number of aromatic nitrogens is 3. The quantitative estimate of drug-likeness (QED) is 0.648. The van der Waals surface area contributed by atoms with Crippen LogP contribution in [0.3, 0.4) is 0 Å². The van der Waals surface area contributed by atoms with Crippen LogP contribution in [0.25, 0.3) is 11.0 Å². The van der Waals surface area contributed by atoms with E-state index in [4.69, 9.17) is 10.1 Å². The summed E-state index contributed by atoms with van der Waals surface area (Å²) in [5, 5.41) is 8.94. The zero-order chi connectivity index (χ0) is 21.8. The third kappa shape index (κ3) is 5.56. The highest BCUT2D eigenvalue weighted by Crippen LogP contribution is 2.29. The average molecular weight is 402 g/mol. The third-order valence-corrected chi connectivity index (χ3v) is 5.68. The van der Waals surface area contributed by atoms with Crippen molar-refractivity contribution >= 4 is 16.9 Å². The van der Waals surface area contributed by atoms with Gasteiger partial charge in [-0.3, -0.25) is 4.79 Å². The lowest BCUT2D eigenvalue weighted by Crippen LogP contribution is -2.30. The SMILES string of the molecule is CCN(CC)CCCNC(=O)CCc1c(C)nc2c(c(C)nn2C(C)(C)C)c1C. The molecule has 2 aromatic heterocycles. The Bertz CT molecular complexity index is 843. The molecule has 2 heterocycles. The van der Waals surface area contributed by atoms with Gasteiger partial charge in [-0.05, 0) is 85.1 Å². The molecule has 0 fully saturated rings. The molecule has 0 saturated heterocycles. The molecule has 0 aromatic carbocycles. The highest BCUT2D eigenvalue weighted by molar-refractivity contribution is 5.84. The smallest absolute Gasteiger partial charge is 0.220 e. The first-order valence-corrected chi connectivity index (χ1v) is 10.9. The third-order valence-electron chi connectivity index (χ3n) is 5.68. The summed E-state index contributed by atoms with van der Waals surface area (Å²) in [5.74, 6) is 0.116. The van der Waals surface area contributed by atoms with Crippen molar-refractivity contribution in [2.24, 2.45) is 0 Å². The molecule has 6 nitrogen and oxygen atoms in total.